The molecule has 1 aliphatic carbocycles. The van der Waals surface area contributed by atoms with Crippen LogP contribution in [-0.2, 0) is 9.59 Å². The van der Waals surface area contributed by atoms with E-state index in [1.54, 1.807) is 36.0 Å². The molecule has 2 aromatic heterocycles. The molecule has 4 rings (SSSR count). The fourth-order valence-corrected chi connectivity index (χ4v) is 4.70. The molecule has 2 heterocycles. The largest absolute Gasteiger partial charge is 0.351 e. The summed E-state index contributed by atoms with van der Waals surface area (Å²) in [6, 6.07) is 7.19. The fraction of sp³-hybridized carbons (Fsp3) is 0.333. The van der Waals surface area contributed by atoms with Crippen LogP contribution in [-0.4, -0.2) is 38.7 Å². The molecule has 1 saturated carbocycles. The highest BCUT2D eigenvalue weighted by Gasteiger charge is 2.38. The van der Waals surface area contributed by atoms with Gasteiger partial charge in [0.15, 0.2) is 0 Å². The van der Waals surface area contributed by atoms with E-state index in [1.165, 1.54) is 35.0 Å². The van der Waals surface area contributed by atoms with Crippen molar-refractivity contribution < 1.29 is 18.4 Å². The van der Waals surface area contributed by atoms with Crippen molar-refractivity contribution in [3.63, 3.8) is 0 Å². The number of rotatable bonds is 7. The van der Waals surface area contributed by atoms with Crippen molar-refractivity contribution in [2.75, 3.05) is 4.90 Å². The SMILES string of the molecule is N#CCC(=O)N(c1ccc(-c2cncs2)cc1)[C@H](C(=O)NC1CCC(F)(F)CC1)c1cncnc1. The van der Waals surface area contributed by atoms with E-state index in [0.29, 0.717) is 11.3 Å². The Balaban J connectivity index is 1.68. The van der Waals surface area contributed by atoms with Crippen molar-refractivity contribution in [3.8, 4) is 16.5 Å². The summed E-state index contributed by atoms with van der Waals surface area (Å²) in [7, 11) is 0. The van der Waals surface area contributed by atoms with E-state index in [2.05, 4.69) is 20.3 Å². The number of alkyl halides is 2. The summed E-state index contributed by atoms with van der Waals surface area (Å²) >= 11 is 1.46. The predicted molar refractivity (Wildman–Crippen MR) is 125 cm³/mol. The zero-order valence-corrected chi connectivity index (χ0v) is 19.4. The zero-order chi connectivity index (χ0) is 24.8. The number of amides is 2. The van der Waals surface area contributed by atoms with Gasteiger partial charge >= 0.3 is 0 Å². The van der Waals surface area contributed by atoms with Crippen LogP contribution in [0, 0.1) is 11.3 Å². The highest BCUT2D eigenvalue weighted by Crippen LogP contribution is 2.35. The van der Waals surface area contributed by atoms with Gasteiger partial charge in [-0.15, -0.1) is 11.3 Å². The van der Waals surface area contributed by atoms with Crippen molar-refractivity contribution in [2.24, 2.45) is 0 Å². The molecule has 2 amide bonds. The summed E-state index contributed by atoms with van der Waals surface area (Å²) in [5.41, 5.74) is 3.33. The van der Waals surface area contributed by atoms with E-state index in [9.17, 15) is 23.6 Å². The van der Waals surface area contributed by atoms with Crippen molar-refractivity contribution in [3.05, 3.63) is 60.3 Å². The summed E-state index contributed by atoms with van der Waals surface area (Å²) in [5.74, 6) is -3.87. The second kappa shape index (κ2) is 10.7. The lowest BCUT2D eigenvalue weighted by Gasteiger charge is -2.34. The summed E-state index contributed by atoms with van der Waals surface area (Å²) in [4.78, 5) is 40.9. The molecule has 35 heavy (non-hydrogen) atoms. The monoisotopic (exact) mass is 496 g/mol. The van der Waals surface area contributed by atoms with Gasteiger partial charge < -0.3 is 5.32 Å². The summed E-state index contributed by atoms with van der Waals surface area (Å²) in [6.45, 7) is 0. The minimum Gasteiger partial charge on any atom is -0.351 e. The van der Waals surface area contributed by atoms with Crippen molar-refractivity contribution >= 4 is 28.8 Å². The van der Waals surface area contributed by atoms with Crippen LogP contribution in [0.1, 0.15) is 43.7 Å². The zero-order valence-electron chi connectivity index (χ0n) is 18.6. The first-order chi connectivity index (χ1) is 16.9. The summed E-state index contributed by atoms with van der Waals surface area (Å²) < 4.78 is 27.2. The molecule has 0 unspecified atom stereocenters. The fourth-order valence-electron chi connectivity index (χ4n) is 4.07. The van der Waals surface area contributed by atoms with Crippen molar-refractivity contribution in [1.29, 1.82) is 5.26 Å². The first-order valence-electron chi connectivity index (χ1n) is 11.0. The smallest absolute Gasteiger partial charge is 0.248 e. The number of hydrogen-bond acceptors (Lipinski definition) is 7. The molecular weight excluding hydrogens is 474 g/mol. The predicted octanol–water partition coefficient (Wildman–Crippen LogP) is 4.28. The lowest BCUT2D eigenvalue weighted by molar-refractivity contribution is -0.127. The first-order valence-corrected chi connectivity index (χ1v) is 11.9. The maximum Gasteiger partial charge on any atom is 0.248 e. The van der Waals surface area contributed by atoms with Crippen LogP contribution in [0.15, 0.2) is 54.7 Å². The van der Waals surface area contributed by atoms with E-state index >= 15 is 0 Å². The highest BCUT2D eigenvalue weighted by atomic mass is 32.1. The Labute approximate surface area is 204 Å². The number of hydrogen-bond donors (Lipinski definition) is 1. The number of nitrogens with one attached hydrogen (secondary N) is 1. The van der Waals surface area contributed by atoms with Gasteiger partial charge in [0.1, 0.15) is 18.8 Å². The van der Waals surface area contributed by atoms with Gasteiger partial charge in [0.2, 0.25) is 17.7 Å². The van der Waals surface area contributed by atoms with Crippen LogP contribution >= 0.6 is 11.3 Å². The Morgan fingerprint density at radius 2 is 1.83 bits per heavy atom. The molecule has 1 atom stereocenters. The number of benzene rings is 1. The van der Waals surface area contributed by atoms with Gasteiger partial charge in [0, 0.05) is 48.7 Å². The van der Waals surface area contributed by atoms with Crippen molar-refractivity contribution in [1.82, 2.24) is 20.3 Å². The number of anilines is 1. The molecule has 0 spiro atoms. The number of carbonyl (C=O) groups excluding carboxylic acids is 2. The van der Waals surface area contributed by atoms with E-state index < -0.39 is 36.2 Å². The summed E-state index contributed by atoms with van der Waals surface area (Å²) in [6.07, 6.45) is 5.05. The summed E-state index contributed by atoms with van der Waals surface area (Å²) in [5, 5.41) is 12.0. The number of thiazole rings is 1. The molecule has 0 aliphatic heterocycles. The highest BCUT2D eigenvalue weighted by molar-refractivity contribution is 7.13. The molecular formula is C24H22F2N6O2S. The van der Waals surface area contributed by atoms with E-state index in [4.69, 9.17) is 0 Å². The van der Waals surface area contributed by atoms with Crippen LogP contribution in [0.5, 0.6) is 0 Å². The Kier molecular flexibility index (Phi) is 7.41. The minimum atomic E-state index is -2.73. The van der Waals surface area contributed by atoms with Gasteiger partial charge in [-0.3, -0.25) is 19.5 Å². The molecule has 1 aromatic carbocycles. The second-order valence-electron chi connectivity index (χ2n) is 8.22. The third-order valence-electron chi connectivity index (χ3n) is 5.83. The number of nitriles is 1. The molecule has 180 valence electrons. The average molecular weight is 497 g/mol. The number of carbonyl (C=O) groups is 2. The Bertz CT molecular complexity index is 1190. The lowest BCUT2D eigenvalue weighted by atomic mass is 9.92. The average Bonchev–Trinajstić information content (AvgIpc) is 3.40. The van der Waals surface area contributed by atoms with Gasteiger partial charge in [-0.05, 0) is 30.5 Å². The topological polar surface area (TPSA) is 112 Å². The minimum absolute atomic E-state index is 0.131. The maximum absolute atomic E-state index is 13.6. The molecule has 1 N–H and O–H groups in total. The quantitative estimate of drug-likeness (QED) is 0.523. The van der Waals surface area contributed by atoms with Gasteiger partial charge in [0.05, 0.1) is 16.5 Å². The first kappa shape index (κ1) is 24.3. The molecule has 8 nitrogen and oxygen atoms in total. The third kappa shape index (κ3) is 5.84. The van der Waals surface area contributed by atoms with Crippen molar-refractivity contribution in [2.45, 2.75) is 50.1 Å². The van der Waals surface area contributed by atoms with Gasteiger partial charge in [-0.1, -0.05) is 12.1 Å². The molecule has 1 fully saturated rings. The molecule has 0 radical (unpaired) electrons. The van der Waals surface area contributed by atoms with Crippen LogP contribution in [0.25, 0.3) is 10.4 Å². The molecule has 1 aliphatic rings. The maximum atomic E-state index is 13.6. The van der Waals surface area contributed by atoms with E-state index in [1.807, 2.05) is 6.07 Å². The van der Waals surface area contributed by atoms with Crippen LogP contribution in [0.2, 0.25) is 0 Å². The lowest BCUT2D eigenvalue weighted by Crippen LogP contribution is -2.48. The number of aromatic nitrogens is 3. The Morgan fingerprint density at radius 3 is 2.43 bits per heavy atom. The molecule has 3 aromatic rings. The number of nitrogens with zero attached hydrogens (tertiary/aromatic N) is 5. The molecule has 0 bridgehead atoms. The normalized spacial score (nSPS) is 16.1. The van der Waals surface area contributed by atoms with Crippen LogP contribution < -0.4 is 10.2 Å². The van der Waals surface area contributed by atoms with E-state index in [-0.39, 0.29) is 25.7 Å². The van der Waals surface area contributed by atoms with E-state index in [0.717, 1.165) is 10.4 Å². The third-order valence-corrected chi connectivity index (χ3v) is 6.65. The Hall–Kier alpha value is -3.78. The Morgan fingerprint density at radius 1 is 1.14 bits per heavy atom. The molecule has 0 saturated heterocycles. The standard InChI is InChI=1S/C24H22F2N6O2S/c25-24(26)8-5-18(6-9-24)31-23(34)22(17-11-28-14-29-12-17)32(21(33)7-10-27)19-3-1-16(2-4-19)20-13-30-15-35-20/h1-4,11-15,18,22H,5-9H2,(H,31,34)/t22-/m0/s1. The van der Waals surface area contributed by atoms with Gasteiger partial charge in [-0.25, -0.2) is 18.7 Å². The number of halogens is 2. The van der Waals surface area contributed by atoms with Crippen LogP contribution in [0.4, 0.5) is 14.5 Å². The second-order valence-corrected chi connectivity index (χ2v) is 9.11. The van der Waals surface area contributed by atoms with Crippen LogP contribution in [0.3, 0.4) is 0 Å². The van der Waals surface area contributed by atoms with Gasteiger partial charge in [-0.2, -0.15) is 5.26 Å². The van der Waals surface area contributed by atoms with Gasteiger partial charge in [0.25, 0.3) is 0 Å². The molecule has 11 heteroatoms.